The largest absolute Gasteiger partial charge is 0.465 e. The van der Waals surface area contributed by atoms with Crippen molar-refractivity contribution in [2.75, 3.05) is 32.1 Å². The van der Waals surface area contributed by atoms with Gasteiger partial charge in [0.2, 0.25) is 0 Å². The van der Waals surface area contributed by atoms with Gasteiger partial charge in [0.05, 0.1) is 12.7 Å². The van der Waals surface area contributed by atoms with E-state index < -0.39 is 0 Å². The van der Waals surface area contributed by atoms with Gasteiger partial charge in [-0.3, -0.25) is 0 Å². The van der Waals surface area contributed by atoms with Crippen LogP contribution in [0.25, 0.3) is 0 Å². The number of nitrogens with one attached hydrogen (secondary N) is 2. The molecule has 2 N–H and O–H groups in total. The first-order chi connectivity index (χ1) is 13.6. The van der Waals surface area contributed by atoms with Crippen LogP contribution in [-0.4, -0.2) is 48.8 Å². The second-order valence-corrected chi connectivity index (χ2v) is 8.46. The average Bonchev–Trinajstić information content (AvgIpc) is 3.10. The third-order valence-electron chi connectivity index (χ3n) is 5.01. The SMILES string of the molecule is CCN1CCC(NC(=S)Nc2sc(Cc3ccccc3)cc2C(=O)OC)CC1. The maximum absolute atomic E-state index is 12.2. The van der Waals surface area contributed by atoms with Gasteiger partial charge in [-0.25, -0.2) is 4.79 Å². The second-order valence-electron chi connectivity index (χ2n) is 6.92. The zero-order chi connectivity index (χ0) is 19.9. The molecule has 0 bridgehead atoms. The number of nitrogens with zero attached hydrogens (tertiary/aromatic N) is 1. The Morgan fingerprint density at radius 1 is 1.29 bits per heavy atom. The van der Waals surface area contributed by atoms with Crippen LogP contribution < -0.4 is 10.6 Å². The van der Waals surface area contributed by atoms with Crippen LogP contribution in [0.1, 0.15) is 40.6 Å². The highest BCUT2D eigenvalue weighted by molar-refractivity contribution is 7.80. The van der Waals surface area contributed by atoms with Crippen molar-refractivity contribution in [2.24, 2.45) is 0 Å². The summed E-state index contributed by atoms with van der Waals surface area (Å²) in [7, 11) is 1.40. The Labute approximate surface area is 176 Å². The van der Waals surface area contributed by atoms with Gasteiger partial charge < -0.3 is 20.3 Å². The van der Waals surface area contributed by atoms with Crippen molar-refractivity contribution in [1.82, 2.24) is 10.2 Å². The van der Waals surface area contributed by atoms with Crippen LogP contribution in [0, 0.1) is 0 Å². The summed E-state index contributed by atoms with van der Waals surface area (Å²) in [6.45, 7) is 5.46. The van der Waals surface area contributed by atoms with Crippen LogP contribution in [0.5, 0.6) is 0 Å². The van der Waals surface area contributed by atoms with Crippen LogP contribution in [-0.2, 0) is 11.2 Å². The van der Waals surface area contributed by atoms with Crippen LogP contribution in [0.4, 0.5) is 5.00 Å². The highest BCUT2D eigenvalue weighted by Crippen LogP contribution is 2.30. The summed E-state index contributed by atoms with van der Waals surface area (Å²) in [5.41, 5.74) is 1.73. The molecule has 2 aromatic rings. The number of hydrogen-bond acceptors (Lipinski definition) is 5. The number of benzene rings is 1. The first-order valence-corrected chi connectivity index (χ1v) is 10.9. The third kappa shape index (κ3) is 5.53. The summed E-state index contributed by atoms with van der Waals surface area (Å²) < 4.78 is 4.95. The number of thiophene rings is 1. The van der Waals surface area contributed by atoms with Gasteiger partial charge in [-0.1, -0.05) is 37.3 Å². The summed E-state index contributed by atoms with van der Waals surface area (Å²) in [6.07, 6.45) is 2.92. The summed E-state index contributed by atoms with van der Waals surface area (Å²) in [6, 6.07) is 12.5. The lowest BCUT2D eigenvalue weighted by atomic mass is 10.1. The summed E-state index contributed by atoms with van der Waals surface area (Å²) in [5, 5.41) is 7.93. The Morgan fingerprint density at radius 2 is 2.00 bits per heavy atom. The second kappa shape index (κ2) is 10.0. The topological polar surface area (TPSA) is 53.6 Å². The molecule has 1 aromatic carbocycles. The number of esters is 1. The van der Waals surface area contributed by atoms with Crippen molar-refractivity contribution in [1.29, 1.82) is 0 Å². The zero-order valence-electron chi connectivity index (χ0n) is 16.4. The number of methoxy groups -OCH3 is 1. The molecule has 1 aromatic heterocycles. The van der Waals surface area contributed by atoms with Crippen molar-refractivity contribution in [3.05, 3.63) is 52.4 Å². The van der Waals surface area contributed by atoms with Crippen molar-refractivity contribution < 1.29 is 9.53 Å². The number of thiocarbonyl (C=S) groups is 1. The third-order valence-corrected chi connectivity index (χ3v) is 6.28. The smallest absolute Gasteiger partial charge is 0.340 e. The summed E-state index contributed by atoms with van der Waals surface area (Å²) in [5.74, 6) is -0.350. The zero-order valence-corrected chi connectivity index (χ0v) is 18.0. The maximum Gasteiger partial charge on any atom is 0.340 e. The number of carbonyl (C=O) groups excluding carboxylic acids is 1. The van der Waals surface area contributed by atoms with E-state index in [2.05, 4.69) is 34.6 Å². The quantitative estimate of drug-likeness (QED) is 0.549. The minimum Gasteiger partial charge on any atom is -0.465 e. The molecule has 1 aliphatic rings. The van der Waals surface area contributed by atoms with Gasteiger partial charge in [0.25, 0.3) is 0 Å². The molecular weight excluding hydrogens is 390 g/mol. The highest BCUT2D eigenvalue weighted by atomic mass is 32.1. The molecule has 2 heterocycles. The van der Waals surface area contributed by atoms with E-state index in [1.165, 1.54) is 12.7 Å². The van der Waals surface area contributed by atoms with Gasteiger partial charge >= 0.3 is 5.97 Å². The van der Waals surface area contributed by atoms with Crippen molar-refractivity contribution in [3.63, 3.8) is 0 Å². The Morgan fingerprint density at radius 3 is 2.64 bits per heavy atom. The number of hydrogen-bond donors (Lipinski definition) is 2. The Hall–Kier alpha value is -1.96. The molecule has 1 saturated heterocycles. The van der Waals surface area contributed by atoms with Gasteiger partial charge in [0.1, 0.15) is 5.00 Å². The lowest BCUT2D eigenvalue weighted by Gasteiger charge is -2.32. The molecule has 0 unspecified atom stereocenters. The molecule has 0 amide bonds. The number of piperidine rings is 1. The Balaban J connectivity index is 1.66. The number of carbonyl (C=O) groups is 1. The summed E-state index contributed by atoms with van der Waals surface area (Å²) >= 11 is 7.06. The first-order valence-electron chi connectivity index (χ1n) is 9.63. The molecule has 1 aliphatic heterocycles. The summed E-state index contributed by atoms with van der Waals surface area (Å²) in [4.78, 5) is 15.8. The van der Waals surface area contributed by atoms with E-state index in [1.807, 2.05) is 24.3 Å². The molecule has 0 saturated carbocycles. The number of anilines is 1. The fourth-order valence-electron chi connectivity index (χ4n) is 3.40. The Kier molecular flexibility index (Phi) is 7.42. The predicted molar refractivity (Wildman–Crippen MR) is 119 cm³/mol. The van der Waals surface area contributed by atoms with Gasteiger partial charge in [-0.15, -0.1) is 11.3 Å². The lowest BCUT2D eigenvalue weighted by Crippen LogP contribution is -2.45. The van der Waals surface area contributed by atoms with Crippen molar-refractivity contribution in [2.45, 2.75) is 32.2 Å². The molecule has 3 rings (SSSR count). The minimum absolute atomic E-state index is 0.350. The van der Waals surface area contributed by atoms with Gasteiger partial charge in [-0.2, -0.15) is 0 Å². The van der Waals surface area contributed by atoms with Gasteiger partial charge in [0.15, 0.2) is 5.11 Å². The lowest BCUT2D eigenvalue weighted by molar-refractivity contribution is 0.0602. The minimum atomic E-state index is -0.350. The van der Waals surface area contributed by atoms with E-state index in [9.17, 15) is 4.79 Å². The molecule has 7 heteroatoms. The fourth-order valence-corrected chi connectivity index (χ4v) is 4.82. The first kappa shape index (κ1) is 20.8. The normalized spacial score (nSPS) is 15.2. The van der Waals surface area contributed by atoms with Gasteiger partial charge in [-0.05, 0) is 43.2 Å². The van der Waals surface area contributed by atoms with E-state index in [-0.39, 0.29) is 5.97 Å². The fraction of sp³-hybridized carbons (Fsp3) is 0.429. The van der Waals surface area contributed by atoms with E-state index in [4.69, 9.17) is 17.0 Å². The van der Waals surface area contributed by atoms with E-state index in [0.29, 0.717) is 16.7 Å². The molecule has 0 radical (unpaired) electrons. The Bertz CT molecular complexity index is 799. The molecular formula is C21H27N3O2S2. The monoisotopic (exact) mass is 417 g/mol. The van der Waals surface area contributed by atoms with Crippen LogP contribution in [0.3, 0.4) is 0 Å². The molecule has 0 spiro atoms. The van der Waals surface area contributed by atoms with Crippen molar-refractivity contribution in [3.8, 4) is 0 Å². The number of likely N-dealkylation sites (tertiary alicyclic amines) is 1. The van der Waals surface area contributed by atoms with Crippen molar-refractivity contribution >= 4 is 39.6 Å². The van der Waals surface area contributed by atoms with Crippen LogP contribution in [0.2, 0.25) is 0 Å². The van der Waals surface area contributed by atoms with Crippen LogP contribution in [0.15, 0.2) is 36.4 Å². The molecule has 28 heavy (non-hydrogen) atoms. The van der Waals surface area contributed by atoms with Gasteiger partial charge in [0, 0.05) is 30.4 Å². The highest BCUT2D eigenvalue weighted by Gasteiger charge is 2.21. The van der Waals surface area contributed by atoms with Crippen LogP contribution >= 0.6 is 23.6 Å². The predicted octanol–water partition coefficient (Wildman–Crippen LogP) is 3.90. The molecule has 1 fully saturated rings. The molecule has 150 valence electrons. The van der Waals surface area contributed by atoms with E-state index in [0.717, 1.165) is 48.8 Å². The average molecular weight is 418 g/mol. The molecule has 5 nitrogen and oxygen atoms in total. The molecule has 0 aliphatic carbocycles. The van der Waals surface area contributed by atoms with E-state index >= 15 is 0 Å². The van der Waals surface area contributed by atoms with E-state index in [1.54, 1.807) is 11.3 Å². The molecule has 0 atom stereocenters. The number of rotatable bonds is 6. The maximum atomic E-state index is 12.2. The number of ether oxygens (including phenoxy) is 1. The standard InChI is InChI=1S/C21H27N3O2S2/c1-3-24-11-9-16(10-12-24)22-21(27)23-19-18(20(25)26-2)14-17(28-19)13-15-7-5-4-6-8-15/h4-8,14,16H,3,9-13H2,1-2H3,(H2,22,23,27).